The van der Waals surface area contributed by atoms with Crippen molar-refractivity contribution < 1.29 is 23.9 Å². The molecule has 2 aromatic heterocycles. The van der Waals surface area contributed by atoms with Gasteiger partial charge in [-0.25, -0.2) is 14.6 Å². The number of aromatic nitrogens is 1. The predicted octanol–water partition coefficient (Wildman–Crippen LogP) is 6.64. The number of hydrogen-bond acceptors (Lipinski definition) is 7. The van der Waals surface area contributed by atoms with Gasteiger partial charge in [-0.05, 0) is 50.6 Å². The van der Waals surface area contributed by atoms with Crippen LogP contribution in [-0.2, 0) is 9.47 Å². The van der Waals surface area contributed by atoms with E-state index >= 15 is 0 Å². The van der Waals surface area contributed by atoms with E-state index in [0.717, 1.165) is 21.4 Å². The Morgan fingerprint density at radius 2 is 1.69 bits per heavy atom. The van der Waals surface area contributed by atoms with Crippen LogP contribution < -0.4 is 5.32 Å². The Kier molecular flexibility index (Phi) is 7.81. The van der Waals surface area contributed by atoms with Crippen molar-refractivity contribution in [2.75, 3.05) is 18.5 Å². The molecule has 0 saturated carbocycles. The summed E-state index contributed by atoms with van der Waals surface area (Å²) in [6.07, 6.45) is 0. The van der Waals surface area contributed by atoms with Crippen molar-refractivity contribution in [1.82, 2.24) is 4.98 Å². The van der Waals surface area contributed by atoms with Gasteiger partial charge in [0.2, 0.25) is 0 Å². The number of esters is 2. The van der Waals surface area contributed by atoms with E-state index in [0.29, 0.717) is 27.7 Å². The molecule has 184 valence electrons. The molecule has 1 N–H and O–H groups in total. The number of carbonyl (C=O) groups is 3. The number of nitrogens with zero attached hydrogens (tertiary/aromatic N) is 1. The van der Waals surface area contributed by atoms with Crippen LogP contribution in [-0.4, -0.2) is 36.0 Å². The normalized spacial score (nSPS) is 10.8. The number of pyridine rings is 1. The van der Waals surface area contributed by atoms with E-state index in [1.165, 1.54) is 0 Å². The van der Waals surface area contributed by atoms with Gasteiger partial charge in [0, 0.05) is 15.4 Å². The maximum Gasteiger partial charge on any atom is 0.348 e. The van der Waals surface area contributed by atoms with Crippen molar-refractivity contribution >= 4 is 61.0 Å². The van der Waals surface area contributed by atoms with Gasteiger partial charge in [0.15, 0.2) is 0 Å². The van der Waals surface area contributed by atoms with Gasteiger partial charge in [-0.15, -0.1) is 11.3 Å². The number of amides is 1. The highest BCUT2D eigenvalue weighted by Gasteiger charge is 2.28. The predicted molar refractivity (Wildman–Crippen MR) is 144 cm³/mol. The van der Waals surface area contributed by atoms with Crippen molar-refractivity contribution in [3.05, 3.63) is 80.6 Å². The largest absolute Gasteiger partial charge is 0.462 e. The van der Waals surface area contributed by atoms with Crippen molar-refractivity contribution in [1.29, 1.82) is 0 Å². The standard InChI is InChI=1S/C27H23BrN2O5S/c1-4-34-26(32)22-15(3)23(27(33)35-5-2)36-25(22)30-24(31)19-14-21(16-9-8-10-17(28)13-16)29-20-12-7-6-11-18(19)20/h6-14H,4-5H2,1-3H3,(H,30,31). The first-order chi connectivity index (χ1) is 17.3. The average molecular weight is 567 g/mol. The van der Waals surface area contributed by atoms with Gasteiger partial charge < -0.3 is 14.8 Å². The first-order valence-electron chi connectivity index (χ1n) is 11.3. The highest BCUT2D eigenvalue weighted by Crippen LogP contribution is 2.35. The number of anilines is 1. The smallest absolute Gasteiger partial charge is 0.348 e. The molecule has 0 fully saturated rings. The van der Waals surface area contributed by atoms with Crippen molar-refractivity contribution in [3.63, 3.8) is 0 Å². The second kappa shape index (κ2) is 11.0. The highest BCUT2D eigenvalue weighted by atomic mass is 79.9. The molecule has 0 saturated heterocycles. The monoisotopic (exact) mass is 566 g/mol. The number of ether oxygens (including phenoxy) is 2. The van der Waals surface area contributed by atoms with Gasteiger partial charge in [-0.3, -0.25) is 4.79 Å². The summed E-state index contributed by atoms with van der Waals surface area (Å²) >= 11 is 4.47. The average Bonchev–Trinajstić information content (AvgIpc) is 3.19. The first kappa shape index (κ1) is 25.5. The molecular formula is C27H23BrN2O5S. The molecule has 4 rings (SSSR count). The lowest BCUT2D eigenvalue weighted by molar-refractivity contribution is 0.0527. The highest BCUT2D eigenvalue weighted by molar-refractivity contribution is 9.10. The zero-order chi connectivity index (χ0) is 25.8. The van der Waals surface area contributed by atoms with E-state index in [-0.39, 0.29) is 28.7 Å². The Balaban J connectivity index is 1.81. The van der Waals surface area contributed by atoms with Crippen molar-refractivity contribution in [2.45, 2.75) is 20.8 Å². The minimum Gasteiger partial charge on any atom is -0.462 e. The second-order valence-electron chi connectivity index (χ2n) is 7.74. The summed E-state index contributed by atoms with van der Waals surface area (Å²) in [5.41, 5.74) is 3.05. The van der Waals surface area contributed by atoms with E-state index in [1.54, 1.807) is 26.8 Å². The number of rotatable bonds is 7. The third-order valence-electron chi connectivity index (χ3n) is 5.40. The molecule has 1 amide bonds. The van der Waals surface area contributed by atoms with Crippen LogP contribution in [0.15, 0.2) is 59.1 Å². The van der Waals surface area contributed by atoms with Crippen molar-refractivity contribution in [2.24, 2.45) is 0 Å². The SMILES string of the molecule is CCOC(=O)c1sc(NC(=O)c2cc(-c3cccc(Br)c3)nc3ccccc23)c(C(=O)OCC)c1C. The molecule has 0 radical (unpaired) electrons. The number of benzene rings is 2. The summed E-state index contributed by atoms with van der Waals surface area (Å²) in [5.74, 6) is -1.61. The van der Waals surface area contributed by atoms with Crippen LogP contribution in [0.4, 0.5) is 5.00 Å². The Labute approximate surface area is 220 Å². The molecule has 0 aliphatic rings. The fourth-order valence-corrected chi connectivity index (χ4v) is 5.25. The number of nitrogens with one attached hydrogen (secondary N) is 1. The van der Waals surface area contributed by atoms with Gasteiger partial charge in [0.05, 0.1) is 35.6 Å². The Morgan fingerprint density at radius 1 is 0.972 bits per heavy atom. The lowest BCUT2D eigenvalue weighted by atomic mass is 10.0. The zero-order valence-electron chi connectivity index (χ0n) is 19.9. The molecular weight excluding hydrogens is 544 g/mol. The molecule has 0 aliphatic carbocycles. The molecule has 0 aliphatic heterocycles. The zero-order valence-corrected chi connectivity index (χ0v) is 22.3. The van der Waals surface area contributed by atoms with Gasteiger partial charge in [-0.1, -0.05) is 46.3 Å². The van der Waals surface area contributed by atoms with Gasteiger partial charge in [0.1, 0.15) is 9.88 Å². The number of hydrogen-bond donors (Lipinski definition) is 1. The number of para-hydroxylation sites is 1. The molecule has 0 unspecified atom stereocenters. The van der Waals surface area contributed by atoms with E-state index in [4.69, 9.17) is 14.5 Å². The minimum atomic E-state index is -0.619. The fraction of sp³-hybridized carbons (Fsp3) is 0.185. The van der Waals surface area contributed by atoms with E-state index in [9.17, 15) is 14.4 Å². The van der Waals surface area contributed by atoms with Crippen LogP contribution in [0.5, 0.6) is 0 Å². The summed E-state index contributed by atoms with van der Waals surface area (Å²) < 4.78 is 11.2. The molecule has 0 spiro atoms. The molecule has 2 aromatic carbocycles. The maximum atomic E-state index is 13.6. The molecule has 0 bridgehead atoms. The first-order valence-corrected chi connectivity index (χ1v) is 12.9. The van der Waals surface area contributed by atoms with Crippen LogP contribution in [0.1, 0.15) is 49.8 Å². The third kappa shape index (κ3) is 5.17. The van der Waals surface area contributed by atoms with Crippen LogP contribution >= 0.6 is 27.3 Å². The summed E-state index contributed by atoms with van der Waals surface area (Å²) in [6.45, 7) is 5.37. The Morgan fingerprint density at radius 3 is 2.42 bits per heavy atom. The summed E-state index contributed by atoms with van der Waals surface area (Å²) in [4.78, 5) is 43.8. The lowest BCUT2D eigenvalue weighted by Gasteiger charge is -2.11. The summed E-state index contributed by atoms with van der Waals surface area (Å²) in [7, 11) is 0. The summed E-state index contributed by atoms with van der Waals surface area (Å²) in [5, 5.41) is 3.72. The lowest BCUT2D eigenvalue weighted by Crippen LogP contribution is -2.15. The van der Waals surface area contributed by atoms with Crippen LogP contribution in [0, 0.1) is 6.92 Å². The van der Waals surface area contributed by atoms with Crippen LogP contribution in [0.25, 0.3) is 22.2 Å². The molecule has 9 heteroatoms. The van der Waals surface area contributed by atoms with Gasteiger partial charge in [-0.2, -0.15) is 0 Å². The Bertz CT molecular complexity index is 1480. The third-order valence-corrected chi connectivity index (χ3v) is 7.08. The quantitative estimate of drug-likeness (QED) is 0.252. The Hall–Kier alpha value is -3.56. The van der Waals surface area contributed by atoms with Gasteiger partial charge >= 0.3 is 11.9 Å². The second-order valence-corrected chi connectivity index (χ2v) is 9.67. The van der Waals surface area contributed by atoms with Crippen LogP contribution in [0.3, 0.4) is 0 Å². The molecule has 4 aromatic rings. The topological polar surface area (TPSA) is 94.6 Å². The van der Waals surface area contributed by atoms with Crippen molar-refractivity contribution in [3.8, 4) is 11.3 Å². The fourth-order valence-electron chi connectivity index (χ4n) is 3.77. The van der Waals surface area contributed by atoms with E-state index < -0.39 is 17.8 Å². The van der Waals surface area contributed by atoms with Gasteiger partial charge in [0.25, 0.3) is 5.91 Å². The molecule has 0 atom stereocenters. The summed E-state index contributed by atoms with van der Waals surface area (Å²) in [6, 6.07) is 16.7. The number of fused-ring (bicyclic) bond motifs is 1. The number of thiophene rings is 1. The molecule has 36 heavy (non-hydrogen) atoms. The molecule has 2 heterocycles. The minimum absolute atomic E-state index is 0.142. The molecule has 7 nitrogen and oxygen atoms in total. The number of carbonyl (C=O) groups excluding carboxylic acids is 3. The maximum absolute atomic E-state index is 13.6. The van der Waals surface area contributed by atoms with Crippen LogP contribution in [0.2, 0.25) is 0 Å². The van der Waals surface area contributed by atoms with E-state index in [2.05, 4.69) is 21.2 Å². The van der Waals surface area contributed by atoms with E-state index in [1.807, 2.05) is 48.5 Å². The number of halogens is 1.